The van der Waals surface area contributed by atoms with Gasteiger partial charge in [-0.1, -0.05) is 29.8 Å². The van der Waals surface area contributed by atoms with Crippen molar-refractivity contribution in [3.8, 4) is 0 Å². The van der Waals surface area contributed by atoms with Crippen molar-refractivity contribution in [2.75, 3.05) is 26.8 Å². The van der Waals surface area contributed by atoms with Crippen LogP contribution in [0.2, 0.25) is 0 Å². The van der Waals surface area contributed by atoms with Crippen molar-refractivity contribution >= 4 is 18.3 Å². The SMILES string of the molecule is COCCNCC(=O)NCc1cccc(C)c1.Cl. The molecule has 1 aromatic carbocycles. The number of carbonyl (C=O) groups excluding carboxylic acids is 1. The Morgan fingerprint density at radius 3 is 2.83 bits per heavy atom. The summed E-state index contributed by atoms with van der Waals surface area (Å²) in [4.78, 5) is 11.5. The zero-order chi connectivity index (χ0) is 12.5. The number of ether oxygens (including phenoxy) is 1. The lowest BCUT2D eigenvalue weighted by atomic mass is 10.1. The number of nitrogens with one attached hydrogen (secondary N) is 2. The van der Waals surface area contributed by atoms with Gasteiger partial charge in [0.05, 0.1) is 13.2 Å². The van der Waals surface area contributed by atoms with Gasteiger partial charge in [0.2, 0.25) is 5.91 Å². The smallest absolute Gasteiger partial charge is 0.234 e. The van der Waals surface area contributed by atoms with E-state index < -0.39 is 0 Å². The summed E-state index contributed by atoms with van der Waals surface area (Å²) in [6.45, 7) is 4.25. The average Bonchev–Trinajstić information content (AvgIpc) is 2.32. The Hall–Kier alpha value is -1.10. The molecule has 0 aliphatic rings. The molecule has 0 aliphatic carbocycles. The Labute approximate surface area is 115 Å². The molecule has 4 nitrogen and oxygen atoms in total. The second kappa shape index (κ2) is 9.88. The van der Waals surface area contributed by atoms with Crippen molar-refractivity contribution in [2.24, 2.45) is 0 Å². The molecule has 1 rings (SSSR count). The molecule has 0 atom stereocenters. The lowest BCUT2D eigenvalue weighted by Gasteiger charge is -2.07. The van der Waals surface area contributed by atoms with Crippen LogP contribution in [0.4, 0.5) is 0 Å². The van der Waals surface area contributed by atoms with Gasteiger partial charge in [0.15, 0.2) is 0 Å². The minimum absolute atomic E-state index is 0. The van der Waals surface area contributed by atoms with Crippen LogP contribution in [-0.4, -0.2) is 32.7 Å². The Morgan fingerprint density at radius 1 is 1.39 bits per heavy atom. The van der Waals surface area contributed by atoms with Crippen LogP contribution in [0.25, 0.3) is 0 Å². The highest BCUT2D eigenvalue weighted by Gasteiger charge is 2.00. The highest BCUT2D eigenvalue weighted by Crippen LogP contribution is 2.02. The predicted molar refractivity (Wildman–Crippen MR) is 75.0 cm³/mol. The molecule has 0 radical (unpaired) electrons. The van der Waals surface area contributed by atoms with Crippen molar-refractivity contribution in [1.82, 2.24) is 10.6 Å². The monoisotopic (exact) mass is 272 g/mol. The normalized spacial score (nSPS) is 9.67. The molecular formula is C13H21ClN2O2. The summed E-state index contributed by atoms with van der Waals surface area (Å²) in [5.41, 5.74) is 2.32. The van der Waals surface area contributed by atoms with Crippen molar-refractivity contribution in [2.45, 2.75) is 13.5 Å². The lowest BCUT2D eigenvalue weighted by molar-refractivity contribution is -0.120. The summed E-state index contributed by atoms with van der Waals surface area (Å²) < 4.78 is 4.87. The molecule has 0 spiro atoms. The minimum atomic E-state index is 0. The highest BCUT2D eigenvalue weighted by atomic mass is 35.5. The molecule has 0 saturated carbocycles. The lowest BCUT2D eigenvalue weighted by Crippen LogP contribution is -2.34. The number of amides is 1. The first kappa shape index (κ1) is 16.9. The third-order valence-corrected chi connectivity index (χ3v) is 2.34. The van der Waals surface area contributed by atoms with Gasteiger partial charge in [0.1, 0.15) is 0 Å². The van der Waals surface area contributed by atoms with Gasteiger partial charge in [-0.05, 0) is 12.5 Å². The molecule has 0 fully saturated rings. The van der Waals surface area contributed by atoms with Gasteiger partial charge in [0.25, 0.3) is 0 Å². The van der Waals surface area contributed by atoms with E-state index in [0.717, 1.165) is 5.56 Å². The summed E-state index contributed by atoms with van der Waals surface area (Å²) in [7, 11) is 1.64. The van der Waals surface area contributed by atoms with Crippen molar-refractivity contribution < 1.29 is 9.53 Å². The number of carbonyl (C=O) groups is 1. The first-order valence-electron chi connectivity index (χ1n) is 5.74. The molecule has 102 valence electrons. The van der Waals surface area contributed by atoms with Crippen LogP contribution in [0.1, 0.15) is 11.1 Å². The van der Waals surface area contributed by atoms with Gasteiger partial charge in [-0.15, -0.1) is 12.4 Å². The first-order chi connectivity index (χ1) is 8.22. The van der Waals surface area contributed by atoms with E-state index in [-0.39, 0.29) is 18.3 Å². The van der Waals surface area contributed by atoms with E-state index in [2.05, 4.69) is 16.7 Å². The quantitative estimate of drug-likeness (QED) is 0.735. The molecule has 1 aromatic rings. The molecule has 0 aromatic heterocycles. The van der Waals surface area contributed by atoms with Crippen LogP contribution in [0.5, 0.6) is 0 Å². The van der Waals surface area contributed by atoms with E-state index in [1.807, 2.05) is 25.1 Å². The summed E-state index contributed by atoms with van der Waals surface area (Å²) in [5.74, 6) is 0.00242. The first-order valence-corrected chi connectivity index (χ1v) is 5.74. The molecule has 0 unspecified atom stereocenters. The van der Waals surface area contributed by atoms with Crippen LogP contribution >= 0.6 is 12.4 Å². The minimum Gasteiger partial charge on any atom is -0.383 e. The van der Waals surface area contributed by atoms with Gasteiger partial charge in [0, 0.05) is 20.2 Å². The van der Waals surface area contributed by atoms with E-state index >= 15 is 0 Å². The average molecular weight is 273 g/mol. The number of hydrogen-bond donors (Lipinski definition) is 2. The second-order valence-corrected chi connectivity index (χ2v) is 3.94. The molecule has 5 heteroatoms. The molecule has 2 N–H and O–H groups in total. The van der Waals surface area contributed by atoms with Gasteiger partial charge >= 0.3 is 0 Å². The number of hydrogen-bond acceptors (Lipinski definition) is 3. The number of methoxy groups -OCH3 is 1. The van der Waals surface area contributed by atoms with E-state index in [0.29, 0.717) is 26.2 Å². The van der Waals surface area contributed by atoms with Crippen molar-refractivity contribution in [3.05, 3.63) is 35.4 Å². The van der Waals surface area contributed by atoms with Gasteiger partial charge in [-0.25, -0.2) is 0 Å². The fraction of sp³-hybridized carbons (Fsp3) is 0.462. The zero-order valence-corrected chi connectivity index (χ0v) is 11.7. The maximum Gasteiger partial charge on any atom is 0.234 e. The Balaban J connectivity index is 0.00000289. The second-order valence-electron chi connectivity index (χ2n) is 3.94. The standard InChI is InChI=1S/C13H20N2O2.ClH/c1-11-4-3-5-12(8-11)9-15-13(16)10-14-6-7-17-2;/h3-5,8,14H,6-7,9-10H2,1-2H3,(H,15,16);1H. The summed E-state index contributed by atoms with van der Waals surface area (Å²) in [5, 5.41) is 5.86. The topological polar surface area (TPSA) is 50.4 Å². The summed E-state index contributed by atoms with van der Waals surface area (Å²) >= 11 is 0. The maximum absolute atomic E-state index is 11.5. The summed E-state index contributed by atoms with van der Waals surface area (Å²) in [6, 6.07) is 8.11. The van der Waals surface area contributed by atoms with E-state index in [1.54, 1.807) is 7.11 Å². The van der Waals surface area contributed by atoms with Gasteiger partial charge in [-0.3, -0.25) is 4.79 Å². The molecule has 0 saturated heterocycles. The van der Waals surface area contributed by atoms with E-state index in [9.17, 15) is 4.79 Å². The van der Waals surface area contributed by atoms with Crippen molar-refractivity contribution in [3.63, 3.8) is 0 Å². The predicted octanol–water partition coefficient (Wildman–Crippen LogP) is 1.27. The van der Waals surface area contributed by atoms with Crippen LogP contribution < -0.4 is 10.6 Å². The third-order valence-electron chi connectivity index (χ3n) is 2.34. The van der Waals surface area contributed by atoms with Crippen LogP contribution in [-0.2, 0) is 16.1 Å². The summed E-state index contributed by atoms with van der Waals surface area (Å²) in [6.07, 6.45) is 0. The molecular weight excluding hydrogens is 252 g/mol. The zero-order valence-electron chi connectivity index (χ0n) is 10.9. The Bertz CT molecular complexity index is 359. The third kappa shape index (κ3) is 7.27. The maximum atomic E-state index is 11.5. The fourth-order valence-electron chi connectivity index (χ4n) is 1.46. The van der Waals surface area contributed by atoms with Crippen LogP contribution in [0.15, 0.2) is 24.3 Å². The van der Waals surface area contributed by atoms with Crippen LogP contribution in [0, 0.1) is 6.92 Å². The van der Waals surface area contributed by atoms with Gasteiger partial charge < -0.3 is 15.4 Å². The highest BCUT2D eigenvalue weighted by molar-refractivity contribution is 5.85. The molecule has 0 aliphatic heterocycles. The van der Waals surface area contributed by atoms with E-state index in [4.69, 9.17) is 4.74 Å². The Morgan fingerprint density at radius 2 is 2.17 bits per heavy atom. The Kier molecular flexibility index (Phi) is 9.28. The molecule has 1 amide bonds. The number of benzene rings is 1. The molecule has 0 bridgehead atoms. The number of halogens is 1. The number of aryl methyl sites for hydroxylation is 1. The van der Waals surface area contributed by atoms with Crippen LogP contribution in [0.3, 0.4) is 0 Å². The van der Waals surface area contributed by atoms with Crippen molar-refractivity contribution in [1.29, 1.82) is 0 Å². The van der Waals surface area contributed by atoms with Gasteiger partial charge in [-0.2, -0.15) is 0 Å². The molecule has 18 heavy (non-hydrogen) atoms. The molecule has 0 heterocycles. The fourth-order valence-corrected chi connectivity index (χ4v) is 1.46. The number of rotatable bonds is 7. The van der Waals surface area contributed by atoms with E-state index in [1.165, 1.54) is 5.56 Å². The largest absolute Gasteiger partial charge is 0.383 e.